The van der Waals surface area contributed by atoms with E-state index in [1.807, 2.05) is 12.1 Å². The zero-order chi connectivity index (χ0) is 12.5. The van der Waals surface area contributed by atoms with E-state index in [-0.39, 0.29) is 11.7 Å². The van der Waals surface area contributed by atoms with Crippen LogP contribution in [0.15, 0.2) is 36.9 Å². The Hall–Kier alpha value is -1.84. The van der Waals surface area contributed by atoms with Crippen molar-refractivity contribution in [1.29, 1.82) is 0 Å². The summed E-state index contributed by atoms with van der Waals surface area (Å²) in [5.74, 6) is 0.148. The first-order chi connectivity index (χ1) is 8.18. The second kappa shape index (κ2) is 7.44. The van der Waals surface area contributed by atoms with Gasteiger partial charge in [-0.05, 0) is 30.5 Å². The van der Waals surface area contributed by atoms with Crippen molar-refractivity contribution in [3.8, 4) is 0 Å². The van der Waals surface area contributed by atoms with E-state index in [0.717, 1.165) is 12.0 Å². The third-order valence-corrected chi connectivity index (χ3v) is 2.35. The second-order valence-corrected chi connectivity index (χ2v) is 3.88. The van der Waals surface area contributed by atoms with Crippen LogP contribution in [-0.4, -0.2) is 22.5 Å². The molecule has 4 nitrogen and oxygen atoms in total. The fourth-order valence-corrected chi connectivity index (χ4v) is 1.44. The van der Waals surface area contributed by atoms with Crippen LogP contribution in [0.25, 0.3) is 0 Å². The van der Waals surface area contributed by atoms with Crippen LogP contribution in [0.5, 0.6) is 0 Å². The number of hydrogen-bond acceptors (Lipinski definition) is 3. The number of nitrogens with one attached hydrogen (secondary N) is 1. The molecule has 0 aliphatic rings. The van der Waals surface area contributed by atoms with E-state index in [4.69, 9.17) is 5.11 Å². The third kappa shape index (κ3) is 6.35. The highest BCUT2D eigenvalue weighted by atomic mass is 16.3. The molecule has 0 spiro atoms. The molecule has 4 heteroatoms. The van der Waals surface area contributed by atoms with E-state index >= 15 is 0 Å². The van der Waals surface area contributed by atoms with Crippen LogP contribution in [0.3, 0.4) is 0 Å². The smallest absolute Gasteiger partial charge is 0.220 e. The van der Waals surface area contributed by atoms with E-state index < -0.39 is 0 Å². The number of aliphatic hydroxyl groups excluding tert-OH is 1. The Labute approximate surface area is 101 Å². The molecule has 0 fully saturated rings. The van der Waals surface area contributed by atoms with Crippen LogP contribution in [0.1, 0.15) is 24.8 Å². The summed E-state index contributed by atoms with van der Waals surface area (Å²) in [6.07, 6.45) is 5.83. The van der Waals surface area contributed by atoms with Crippen molar-refractivity contribution in [3.63, 3.8) is 0 Å². The minimum atomic E-state index is 0.0142. The van der Waals surface area contributed by atoms with Crippen LogP contribution < -0.4 is 5.32 Å². The van der Waals surface area contributed by atoms with Crippen LogP contribution in [0.4, 0.5) is 0 Å². The highest BCUT2D eigenvalue weighted by Gasteiger charge is 2.01. The number of nitrogens with zero attached hydrogens (tertiary/aromatic N) is 1. The molecule has 1 amide bonds. The lowest BCUT2D eigenvalue weighted by Gasteiger charge is -2.04. The quantitative estimate of drug-likeness (QED) is 0.709. The minimum absolute atomic E-state index is 0.0142. The highest BCUT2D eigenvalue weighted by molar-refractivity contribution is 5.75. The van der Waals surface area contributed by atoms with Gasteiger partial charge >= 0.3 is 0 Å². The second-order valence-electron chi connectivity index (χ2n) is 3.88. The van der Waals surface area contributed by atoms with Crippen molar-refractivity contribution in [3.05, 3.63) is 42.4 Å². The largest absolute Gasteiger partial charge is 0.513 e. The van der Waals surface area contributed by atoms with Gasteiger partial charge in [-0.1, -0.05) is 6.58 Å². The molecule has 0 unspecified atom stereocenters. The summed E-state index contributed by atoms with van der Waals surface area (Å²) in [6.45, 7) is 4.00. The number of carbonyl (C=O) groups excluding carboxylic acids is 1. The van der Waals surface area contributed by atoms with E-state index in [1.165, 1.54) is 0 Å². The Bertz CT molecular complexity index is 363. The molecule has 0 radical (unpaired) electrons. The average Bonchev–Trinajstić information content (AvgIpc) is 2.30. The minimum Gasteiger partial charge on any atom is -0.513 e. The Kier molecular flexibility index (Phi) is 5.79. The molecule has 0 aliphatic carbocycles. The zero-order valence-corrected chi connectivity index (χ0v) is 9.85. The molecule has 2 N–H and O–H groups in total. The van der Waals surface area contributed by atoms with Gasteiger partial charge in [-0.2, -0.15) is 0 Å². The lowest BCUT2D eigenvalue weighted by molar-refractivity contribution is -0.121. The van der Waals surface area contributed by atoms with Crippen molar-refractivity contribution in [2.75, 3.05) is 6.54 Å². The van der Waals surface area contributed by atoms with Crippen LogP contribution in [-0.2, 0) is 11.2 Å². The summed E-state index contributed by atoms with van der Waals surface area (Å²) in [7, 11) is 0. The van der Waals surface area contributed by atoms with Gasteiger partial charge < -0.3 is 10.4 Å². The maximum Gasteiger partial charge on any atom is 0.220 e. The number of amides is 1. The highest BCUT2D eigenvalue weighted by Crippen LogP contribution is 2.01. The Balaban J connectivity index is 2.10. The molecule has 1 aromatic rings. The fraction of sp³-hybridized carbons (Fsp3) is 0.385. The van der Waals surface area contributed by atoms with Gasteiger partial charge in [0, 0.05) is 31.8 Å². The molecular formula is C13H18N2O2. The van der Waals surface area contributed by atoms with Crippen LogP contribution in [0.2, 0.25) is 0 Å². The lowest BCUT2D eigenvalue weighted by Crippen LogP contribution is -2.25. The first-order valence-electron chi connectivity index (χ1n) is 5.71. The van der Waals surface area contributed by atoms with Crippen LogP contribution >= 0.6 is 0 Å². The standard InChI is InChI=1S/C13H18N2O2/c1-11(16)3-2-4-13(17)15-10-7-12-5-8-14-9-6-12/h5-6,8-9,16H,1-4,7,10H2,(H,15,17). The number of rotatable bonds is 7. The van der Waals surface area contributed by atoms with Crippen molar-refractivity contribution in [2.24, 2.45) is 0 Å². The summed E-state index contributed by atoms with van der Waals surface area (Å²) >= 11 is 0. The molecule has 1 rings (SSSR count). The SMILES string of the molecule is C=C(O)CCCC(=O)NCCc1ccncc1. The van der Waals surface area contributed by atoms with E-state index in [9.17, 15) is 4.79 Å². The van der Waals surface area contributed by atoms with Gasteiger partial charge in [0.1, 0.15) is 0 Å². The number of aromatic nitrogens is 1. The predicted molar refractivity (Wildman–Crippen MR) is 66.6 cm³/mol. The molecular weight excluding hydrogens is 216 g/mol. The maximum atomic E-state index is 11.4. The maximum absolute atomic E-state index is 11.4. The zero-order valence-electron chi connectivity index (χ0n) is 9.85. The molecule has 0 bridgehead atoms. The van der Waals surface area contributed by atoms with Gasteiger partial charge in [-0.15, -0.1) is 0 Å². The van der Waals surface area contributed by atoms with Gasteiger partial charge in [0.05, 0.1) is 5.76 Å². The van der Waals surface area contributed by atoms with Gasteiger partial charge in [0.2, 0.25) is 5.91 Å². The first kappa shape index (κ1) is 13.2. The number of aliphatic hydroxyl groups is 1. The third-order valence-electron chi connectivity index (χ3n) is 2.35. The molecule has 17 heavy (non-hydrogen) atoms. The van der Waals surface area contributed by atoms with Crippen molar-refractivity contribution >= 4 is 5.91 Å². The van der Waals surface area contributed by atoms with E-state index in [0.29, 0.717) is 25.8 Å². The van der Waals surface area contributed by atoms with Crippen molar-refractivity contribution < 1.29 is 9.90 Å². The van der Waals surface area contributed by atoms with Crippen molar-refractivity contribution in [2.45, 2.75) is 25.7 Å². The summed E-state index contributed by atoms with van der Waals surface area (Å²) in [5, 5.41) is 11.7. The number of carbonyl (C=O) groups is 1. The van der Waals surface area contributed by atoms with Crippen molar-refractivity contribution in [1.82, 2.24) is 10.3 Å². The Morgan fingerprint density at radius 3 is 2.71 bits per heavy atom. The number of hydrogen-bond donors (Lipinski definition) is 2. The normalized spacial score (nSPS) is 9.88. The monoisotopic (exact) mass is 234 g/mol. The molecule has 0 saturated carbocycles. The molecule has 1 aromatic heterocycles. The molecule has 0 aromatic carbocycles. The molecule has 0 atom stereocenters. The summed E-state index contributed by atoms with van der Waals surface area (Å²) in [4.78, 5) is 15.3. The van der Waals surface area contributed by atoms with Gasteiger partial charge in [0.15, 0.2) is 0 Å². The molecule has 0 saturated heterocycles. The first-order valence-corrected chi connectivity index (χ1v) is 5.71. The number of pyridine rings is 1. The van der Waals surface area contributed by atoms with Gasteiger partial charge in [-0.25, -0.2) is 0 Å². The summed E-state index contributed by atoms with van der Waals surface area (Å²) in [5.41, 5.74) is 1.16. The Morgan fingerprint density at radius 2 is 2.06 bits per heavy atom. The summed E-state index contributed by atoms with van der Waals surface area (Å²) < 4.78 is 0. The van der Waals surface area contributed by atoms with Gasteiger partial charge in [0.25, 0.3) is 0 Å². The van der Waals surface area contributed by atoms with E-state index in [1.54, 1.807) is 12.4 Å². The molecule has 0 aliphatic heterocycles. The molecule has 1 heterocycles. The van der Waals surface area contributed by atoms with E-state index in [2.05, 4.69) is 16.9 Å². The molecule has 92 valence electrons. The fourth-order valence-electron chi connectivity index (χ4n) is 1.44. The Morgan fingerprint density at radius 1 is 1.35 bits per heavy atom. The predicted octanol–water partition coefficient (Wildman–Crippen LogP) is 1.98. The van der Waals surface area contributed by atoms with Gasteiger partial charge in [-0.3, -0.25) is 9.78 Å². The lowest BCUT2D eigenvalue weighted by atomic mass is 10.2. The van der Waals surface area contributed by atoms with Crippen LogP contribution in [0, 0.1) is 0 Å². The summed E-state index contributed by atoms with van der Waals surface area (Å²) in [6, 6.07) is 3.86. The number of allylic oxidation sites excluding steroid dienone is 1. The average molecular weight is 234 g/mol. The topological polar surface area (TPSA) is 62.2 Å².